The summed E-state index contributed by atoms with van der Waals surface area (Å²) < 4.78 is 10.1. The van der Waals surface area contributed by atoms with Crippen LogP contribution in [0.5, 0.6) is 11.5 Å². The summed E-state index contributed by atoms with van der Waals surface area (Å²) in [6.45, 7) is 1.87. The molecule has 0 unspecified atom stereocenters. The van der Waals surface area contributed by atoms with Gasteiger partial charge in [-0.25, -0.2) is 0 Å². The monoisotopic (exact) mass is 180 g/mol. The van der Waals surface area contributed by atoms with E-state index in [1.165, 1.54) is 0 Å². The zero-order valence-corrected chi connectivity index (χ0v) is 7.96. The van der Waals surface area contributed by atoms with E-state index in [1.54, 1.807) is 20.3 Å². The van der Waals surface area contributed by atoms with Gasteiger partial charge < -0.3 is 9.47 Å². The molecule has 0 fully saturated rings. The number of benzene rings is 1. The highest BCUT2D eigenvalue weighted by molar-refractivity contribution is 5.81. The van der Waals surface area contributed by atoms with E-state index in [-0.39, 0.29) is 0 Å². The molecule has 0 N–H and O–H groups in total. The molecule has 0 amide bonds. The van der Waals surface area contributed by atoms with E-state index in [9.17, 15) is 4.79 Å². The molecular weight excluding hydrogens is 168 g/mol. The Morgan fingerprint density at radius 1 is 1.23 bits per heavy atom. The fourth-order valence-electron chi connectivity index (χ4n) is 1.25. The van der Waals surface area contributed by atoms with E-state index in [0.717, 1.165) is 11.8 Å². The van der Waals surface area contributed by atoms with Crippen molar-refractivity contribution in [2.24, 2.45) is 0 Å². The van der Waals surface area contributed by atoms with Crippen LogP contribution in [-0.4, -0.2) is 20.5 Å². The maximum Gasteiger partial charge on any atom is 0.153 e. The van der Waals surface area contributed by atoms with Crippen LogP contribution in [0.4, 0.5) is 0 Å². The molecule has 0 heterocycles. The lowest BCUT2D eigenvalue weighted by atomic mass is 10.1. The number of hydrogen-bond acceptors (Lipinski definition) is 3. The van der Waals surface area contributed by atoms with Gasteiger partial charge in [0.25, 0.3) is 0 Å². The van der Waals surface area contributed by atoms with Gasteiger partial charge in [-0.3, -0.25) is 4.79 Å². The quantitative estimate of drug-likeness (QED) is 0.665. The summed E-state index contributed by atoms with van der Waals surface area (Å²) in [7, 11) is 3.11. The van der Waals surface area contributed by atoms with E-state index >= 15 is 0 Å². The van der Waals surface area contributed by atoms with Gasteiger partial charge in [0.1, 0.15) is 11.5 Å². The van der Waals surface area contributed by atoms with Crippen LogP contribution in [0.2, 0.25) is 0 Å². The second kappa shape index (κ2) is 3.94. The summed E-state index contributed by atoms with van der Waals surface area (Å²) in [5, 5.41) is 0. The van der Waals surface area contributed by atoms with Gasteiger partial charge >= 0.3 is 0 Å². The third kappa shape index (κ3) is 1.80. The minimum absolute atomic E-state index is 0.513. The molecule has 0 aromatic heterocycles. The van der Waals surface area contributed by atoms with Crippen molar-refractivity contribution in [3.05, 3.63) is 23.3 Å². The van der Waals surface area contributed by atoms with E-state index in [4.69, 9.17) is 9.47 Å². The largest absolute Gasteiger partial charge is 0.497 e. The van der Waals surface area contributed by atoms with E-state index in [1.807, 2.05) is 13.0 Å². The standard InChI is InChI=1S/C10H12O3/c1-7-4-9(12-2)5-8(6-11)10(7)13-3/h4-6H,1-3H3. The average Bonchev–Trinajstić information content (AvgIpc) is 2.16. The molecule has 1 rings (SSSR count). The van der Waals surface area contributed by atoms with E-state index < -0.39 is 0 Å². The number of aryl methyl sites for hydroxylation is 1. The van der Waals surface area contributed by atoms with Crippen LogP contribution < -0.4 is 9.47 Å². The molecule has 0 aliphatic rings. The molecule has 3 nitrogen and oxygen atoms in total. The second-order valence-corrected chi connectivity index (χ2v) is 2.68. The summed E-state index contributed by atoms with van der Waals surface area (Å²) in [6, 6.07) is 3.48. The van der Waals surface area contributed by atoms with Gasteiger partial charge in [-0.1, -0.05) is 0 Å². The summed E-state index contributed by atoms with van der Waals surface area (Å²) in [6.07, 6.45) is 0.758. The fraction of sp³-hybridized carbons (Fsp3) is 0.300. The Bertz CT molecular complexity index is 318. The maximum absolute atomic E-state index is 10.7. The van der Waals surface area contributed by atoms with Gasteiger partial charge in [-0.2, -0.15) is 0 Å². The van der Waals surface area contributed by atoms with E-state index in [0.29, 0.717) is 17.1 Å². The lowest BCUT2D eigenvalue weighted by Crippen LogP contribution is -1.95. The first kappa shape index (κ1) is 9.58. The number of methoxy groups -OCH3 is 2. The Morgan fingerprint density at radius 2 is 1.92 bits per heavy atom. The highest BCUT2D eigenvalue weighted by Gasteiger charge is 2.07. The lowest BCUT2D eigenvalue weighted by Gasteiger charge is -2.09. The molecule has 0 radical (unpaired) electrons. The van der Waals surface area contributed by atoms with Crippen molar-refractivity contribution in [3.8, 4) is 11.5 Å². The number of hydrogen-bond donors (Lipinski definition) is 0. The number of carbonyl (C=O) groups is 1. The van der Waals surface area contributed by atoms with Crippen molar-refractivity contribution in [1.82, 2.24) is 0 Å². The summed E-state index contributed by atoms with van der Waals surface area (Å²) in [5.74, 6) is 1.27. The zero-order chi connectivity index (χ0) is 9.84. The summed E-state index contributed by atoms with van der Waals surface area (Å²) >= 11 is 0. The van der Waals surface area contributed by atoms with Crippen molar-refractivity contribution < 1.29 is 14.3 Å². The van der Waals surface area contributed by atoms with Gasteiger partial charge in [-0.15, -0.1) is 0 Å². The molecule has 0 spiro atoms. The van der Waals surface area contributed by atoms with Crippen molar-refractivity contribution in [3.63, 3.8) is 0 Å². The van der Waals surface area contributed by atoms with Crippen molar-refractivity contribution in [2.45, 2.75) is 6.92 Å². The normalized spacial score (nSPS) is 9.46. The molecule has 1 aromatic carbocycles. The van der Waals surface area contributed by atoms with Crippen LogP contribution in [0.15, 0.2) is 12.1 Å². The third-order valence-electron chi connectivity index (χ3n) is 1.84. The lowest BCUT2D eigenvalue weighted by molar-refractivity contribution is 0.112. The Hall–Kier alpha value is -1.51. The molecule has 0 saturated carbocycles. The summed E-state index contributed by atoms with van der Waals surface area (Å²) in [5.41, 5.74) is 1.41. The predicted molar refractivity (Wildman–Crippen MR) is 49.7 cm³/mol. The summed E-state index contributed by atoms with van der Waals surface area (Å²) in [4.78, 5) is 10.7. The van der Waals surface area contributed by atoms with Crippen LogP contribution >= 0.6 is 0 Å². The number of carbonyl (C=O) groups excluding carboxylic acids is 1. The first-order chi connectivity index (χ1) is 6.22. The Balaban J connectivity index is 3.28. The maximum atomic E-state index is 10.7. The van der Waals surface area contributed by atoms with Gasteiger partial charge in [0, 0.05) is 0 Å². The smallest absolute Gasteiger partial charge is 0.153 e. The third-order valence-corrected chi connectivity index (χ3v) is 1.84. The number of ether oxygens (including phenoxy) is 2. The number of rotatable bonds is 3. The molecule has 0 saturated heterocycles. The fourth-order valence-corrected chi connectivity index (χ4v) is 1.25. The minimum Gasteiger partial charge on any atom is -0.497 e. The molecule has 0 atom stereocenters. The van der Waals surface area contributed by atoms with Crippen LogP contribution in [0.3, 0.4) is 0 Å². The molecule has 0 aliphatic heterocycles. The molecule has 0 bridgehead atoms. The molecular formula is C10H12O3. The van der Waals surface area contributed by atoms with Gasteiger partial charge in [0.05, 0.1) is 19.8 Å². The first-order valence-corrected chi connectivity index (χ1v) is 3.90. The number of aldehydes is 1. The average molecular weight is 180 g/mol. The molecule has 70 valence electrons. The van der Waals surface area contributed by atoms with Crippen LogP contribution in [0.1, 0.15) is 15.9 Å². The Kier molecular flexibility index (Phi) is 2.90. The van der Waals surface area contributed by atoms with E-state index in [2.05, 4.69) is 0 Å². The molecule has 1 aromatic rings. The zero-order valence-electron chi connectivity index (χ0n) is 7.96. The SMILES string of the molecule is COc1cc(C)c(OC)c(C=O)c1. The van der Waals surface area contributed by atoms with Gasteiger partial charge in [0.15, 0.2) is 6.29 Å². The van der Waals surface area contributed by atoms with Crippen LogP contribution in [-0.2, 0) is 0 Å². The molecule has 13 heavy (non-hydrogen) atoms. The van der Waals surface area contributed by atoms with Crippen LogP contribution in [0.25, 0.3) is 0 Å². The van der Waals surface area contributed by atoms with Gasteiger partial charge in [0.2, 0.25) is 0 Å². The molecule has 0 aliphatic carbocycles. The Morgan fingerprint density at radius 3 is 2.38 bits per heavy atom. The van der Waals surface area contributed by atoms with Crippen LogP contribution in [0, 0.1) is 6.92 Å². The predicted octanol–water partition coefficient (Wildman–Crippen LogP) is 1.82. The van der Waals surface area contributed by atoms with Gasteiger partial charge in [-0.05, 0) is 24.6 Å². The topological polar surface area (TPSA) is 35.5 Å². The highest BCUT2D eigenvalue weighted by atomic mass is 16.5. The van der Waals surface area contributed by atoms with Crippen molar-refractivity contribution >= 4 is 6.29 Å². The van der Waals surface area contributed by atoms with Crippen molar-refractivity contribution in [2.75, 3.05) is 14.2 Å². The second-order valence-electron chi connectivity index (χ2n) is 2.68. The van der Waals surface area contributed by atoms with Crippen molar-refractivity contribution in [1.29, 1.82) is 0 Å². The first-order valence-electron chi connectivity index (χ1n) is 3.90. The minimum atomic E-state index is 0.513. The Labute approximate surface area is 77.3 Å². The molecule has 3 heteroatoms. The highest BCUT2D eigenvalue weighted by Crippen LogP contribution is 2.27.